The van der Waals surface area contributed by atoms with Crippen molar-refractivity contribution in [3.63, 3.8) is 0 Å². The summed E-state index contributed by atoms with van der Waals surface area (Å²) in [5, 5.41) is 4.44. The van der Waals surface area contributed by atoms with Crippen molar-refractivity contribution in [2.75, 3.05) is 31.7 Å². The molecule has 2 aromatic carbocycles. The second-order valence-electron chi connectivity index (χ2n) is 10.9. The van der Waals surface area contributed by atoms with Crippen molar-refractivity contribution in [1.82, 2.24) is 19.6 Å². The van der Waals surface area contributed by atoms with Crippen molar-refractivity contribution in [1.29, 1.82) is 0 Å². The van der Waals surface area contributed by atoms with Gasteiger partial charge in [0, 0.05) is 63.8 Å². The van der Waals surface area contributed by atoms with Crippen LogP contribution in [0.1, 0.15) is 60.6 Å². The van der Waals surface area contributed by atoms with E-state index < -0.39 is 0 Å². The molecule has 1 saturated heterocycles. The molecule has 1 fully saturated rings. The molecule has 2 unspecified atom stereocenters. The van der Waals surface area contributed by atoms with Crippen molar-refractivity contribution in [2.45, 2.75) is 70.7 Å². The SMILES string of the molecule is CCCn1nccc1C(=O)N1Cc2ccccc2N(C(=O)COC)CCC2CCCC(C1)N2Cc1ccccc1. The Balaban J connectivity index is 1.56. The van der Waals surface area contributed by atoms with E-state index in [-0.39, 0.29) is 24.5 Å². The highest BCUT2D eigenvalue weighted by Crippen LogP contribution is 2.32. The number of methoxy groups -OCH3 is 1. The lowest BCUT2D eigenvalue weighted by Gasteiger charge is -2.44. The maximum absolute atomic E-state index is 14.2. The van der Waals surface area contributed by atoms with Gasteiger partial charge in [-0.3, -0.25) is 19.2 Å². The minimum Gasteiger partial charge on any atom is -0.375 e. The number of amides is 2. The normalized spacial score (nSPS) is 20.1. The number of ether oxygens (including phenoxy) is 1. The number of aryl methyl sites for hydroxylation is 1. The largest absolute Gasteiger partial charge is 0.375 e. The molecule has 40 heavy (non-hydrogen) atoms. The quantitative estimate of drug-likeness (QED) is 0.431. The predicted molar refractivity (Wildman–Crippen MR) is 156 cm³/mol. The first-order valence-corrected chi connectivity index (χ1v) is 14.6. The van der Waals surface area contributed by atoms with Crippen molar-refractivity contribution >= 4 is 17.5 Å². The van der Waals surface area contributed by atoms with Gasteiger partial charge >= 0.3 is 0 Å². The molecule has 8 heteroatoms. The fourth-order valence-electron chi connectivity index (χ4n) is 6.29. The number of nitrogens with zero attached hydrogens (tertiary/aromatic N) is 5. The number of hydrogen-bond acceptors (Lipinski definition) is 5. The number of benzene rings is 2. The third kappa shape index (κ3) is 6.29. The number of fused-ring (bicyclic) bond motifs is 3. The summed E-state index contributed by atoms with van der Waals surface area (Å²) >= 11 is 0. The molecule has 2 aliphatic heterocycles. The number of aromatic nitrogens is 2. The van der Waals surface area contributed by atoms with Gasteiger partial charge in [-0.1, -0.05) is 61.9 Å². The van der Waals surface area contributed by atoms with Crippen molar-refractivity contribution in [3.05, 3.63) is 83.7 Å². The van der Waals surface area contributed by atoms with E-state index in [0.717, 1.165) is 49.9 Å². The van der Waals surface area contributed by atoms with Gasteiger partial charge in [0.2, 0.25) is 0 Å². The smallest absolute Gasteiger partial charge is 0.272 e. The van der Waals surface area contributed by atoms with Crippen molar-refractivity contribution in [2.24, 2.45) is 0 Å². The summed E-state index contributed by atoms with van der Waals surface area (Å²) in [7, 11) is 1.56. The lowest BCUT2D eigenvalue weighted by molar-refractivity contribution is -0.122. The molecule has 3 aromatic rings. The fourth-order valence-corrected chi connectivity index (χ4v) is 6.29. The second kappa shape index (κ2) is 13.2. The van der Waals surface area contributed by atoms with E-state index >= 15 is 0 Å². The highest BCUT2D eigenvalue weighted by atomic mass is 16.5. The first-order chi connectivity index (χ1) is 19.6. The fraction of sp³-hybridized carbons (Fsp3) is 0.469. The van der Waals surface area contributed by atoms with Crippen LogP contribution >= 0.6 is 0 Å². The third-order valence-electron chi connectivity index (χ3n) is 8.21. The van der Waals surface area contributed by atoms with Crippen LogP contribution in [-0.4, -0.2) is 70.3 Å². The van der Waals surface area contributed by atoms with E-state index in [0.29, 0.717) is 37.9 Å². The average molecular weight is 544 g/mol. The van der Waals surface area contributed by atoms with E-state index in [1.807, 2.05) is 50.9 Å². The van der Waals surface area contributed by atoms with Gasteiger partial charge < -0.3 is 14.5 Å². The van der Waals surface area contributed by atoms with Crippen LogP contribution in [0.3, 0.4) is 0 Å². The maximum Gasteiger partial charge on any atom is 0.272 e. The highest BCUT2D eigenvalue weighted by molar-refractivity contribution is 5.95. The Morgan fingerprint density at radius 3 is 2.55 bits per heavy atom. The summed E-state index contributed by atoms with van der Waals surface area (Å²) in [4.78, 5) is 34.0. The standard InChI is InChI=1S/C32H41N5O3/c1-3-19-37-30(16-18-33-37)32(39)34-22-26-12-7-8-15-29(26)35(31(38)24-40-2)20-17-27-13-9-14-28(23-34)36(27)21-25-10-5-4-6-11-25/h4-8,10-12,15-16,18,27-28H,3,9,13-14,17,19-24H2,1-2H3. The van der Waals surface area contributed by atoms with Crippen LogP contribution in [-0.2, 0) is 29.2 Å². The van der Waals surface area contributed by atoms with Crippen LogP contribution < -0.4 is 4.90 Å². The Morgan fingerprint density at radius 1 is 0.975 bits per heavy atom. The predicted octanol–water partition coefficient (Wildman–Crippen LogP) is 4.74. The van der Waals surface area contributed by atoms with Crippen LogP contribution in [0.4, 0.5) is 5.69 Å². The van der Waals surface area contributed by atoms with Crippen LogP contribution in [0, 0.1) is 0 Å². The Kier molecular flexibility index (Phi) is 9.29. The number of hydrogen-bond donors (Lipinski definition) is 0. The van der Waals surface area contributed by atoms with E-state index in [4.69, 9.17) is 4.74 Å². The molecule has 0 saturated carbocycles. The van der Waals surface area contributed by atoms with Crippen LogP contribution in [0.15, 0.2) is 66.9 Å². The second-order valence-corrected chi connectivity index (χ2v) is 10.9. The molecule has 2 atom stereocenters. The molecule has 212 valence electrons. The van der Waals surface area contributed by atoms with Gasteiger partial charge in [-0.25, -0.2) is 0 Å². The zero-order valence-electron chi connectivity index (χ0n) is 23.7. The molecule has 2 bridgehead atoms. The van der Waals surface area contributed by atoms with Crippen LogP contribution in [0.25, 0.3) is 0 Å². The van der Waals surface area contributed by atoms with Crippen LogP contribution in [0.5, 0.6) is 0 Å². The number of para-hydroxylation sites is 1. The third-order valence-corrected chi connectivity index (χ3v) is 8.21. The Bertz CT molecular complexity index is 1280. The first-order valence-electron chi connectivity index (χ1n) is 14.6. The van der Waals surface area contributed by atoms with Gasteiger partial charge in [0.15, 0.2) is 0 Å². The van der Waals surface area contributed by atoms with Crippen molar-refractivity contribution in [3.8, 4) is 0 Å². The highest BCUT2D eigenvalue weighted by Gasteiger charge is 2.35. The van der Waals surface area contributed by atoms with Gasteiger partial charge in [0.05, 0.1) is 0 Å². The molecule has 5 rings (SSSR count). The molecule has 8 nitrogen and oxygen atoms in total. The molecule has 2 amide bonds. The molecular weight excluding hydrogens is 502 g/mol. The average Bonchev–Trinajstić information content (AvgIpc) is 3.43. The maximum atomic E-state index is 14.2. The van der Waals surface area contributed by atoms with E-state index in [2.05, 4.69) is 41.2 Å². The van der Waals surface area contributed by atoms with Gasteiger partial charge in [-0.15, -0.1) is 0 Å². The monoisotopic (exact) mass is 543 g/mol. The van der Waals surface area contributed by atoms with Gasteiger partial charge in [-0.2, -0.15) is 5.10 Å². The van der Waals surface area contributed by atoms with Gasteiger partial charge in [0.1, 0.15) is 12.3 Å². The first kappa shape index (κ1) is 28.1. The number of carbonyl (C=O) groups excluding carboxylic acids is 2. The Morgan fingerprint density at radius 2 is 1.75 bits per heavy atom. The zero-order chi connectivity index (χ0) is 27.9. The molecule has 1 aromatic heterocycles. The summed E-state index contributed by atoms with van der Waals surface area (Å²) < 4.78 is 7.09. The topological polar surface area (TPSA) is 70.9 Å². The summed E-state index contributed by atoms with van der Waals surface area (Å²) in [6.07, 6.45) is 6.70. The summed E-state index contributed by atoms with van der Waals surface area (Å²) in [6.45, 7) is 5.29. The number of piperidine rings is 1. The molecule has 0 spiro atoms. The van der Waals surface area contributed by atoms with Crippen LogP contribution in [0.2, 0.25) is 0 Å². The van der Waals surface area contributed by atoms with Crippen molar-refractivity contribution < 1.29 is 14.3 Å². The lowest BCUT2D eigenvalue weighted by atomic mass is 9.92. The summed E-state index contributed by atoms with van der Waals surface area (Å²) in [6, 6.07) is 20.9. The molecule has 2 aliphatic rings. The molecule has 0 radical (unpaired) electrons. The van der Waals surface area contributed by atoms with E-state index in [1.54, 1.807) is 13.3 Å². The summed E-state index contributed by atoms with van der Waals surface area (Å²) in [5.41, 5.74) is 3.70. The molecule has 0 aliphatic carbocycles. The summed E-state index contributed by atoms with van der Waals surface area (Å²) in [5.74, 6) is -0.0772. The number of carbonyl (C=O) groups is 2. The Labute approximate surface area is 237 Å². The molecule has 3 heterocycles. The van der Waals surface area contributed by atoms with Gasteiger partial charge in [0.25, 0.3) is 11.8 Å². The van der Waals surface area contributed by atoms with Gasteiger partial charge in [-0.05, 0) is 48.9 Å². The van der Waals surface area contributed by atoms with E-state index in [9.17, 15) is 9.59 Å². The number of rotatable bonds is 7. The minimum absolute atomic E-state index is 0.0171. The van der Waals surface area contributed by atoms with E-state index in [1.165, 1.54) is 5.56 Å². The molecule has 0 N–H and O–H groups in total. The number of anilines is 1. The zero-order valence-corrected chi connectivity index (χ0v) is 23.7. The minimum atomic E-state index is -0.0601. The molecular formula is C32H41N5O3. The Hall–Kier alpha value is -3.49. The lowest BCUT2D eigenvalue weighted by Crippen LogP contribution is -2.52.